The standard InChI is InChI=1S/C6H7BrN2O/c1-4-6(7)5(2-10)9-3-8-4/h3,10H,2H2,1H3. The van der Waals surface area contributed by atoms with Gasteiger partial charge in [0.15, 0.2) is 0 Å². The van der Waals surface area contributed by atoms with Crippen LogP contribution in [-0.4, -0.2) is 15.1 Å². The fourth-order valence-corrected chi connectivity index (χ4v) is 0.948. The lowest BCUT2D eigenvalue weighted by Gasteiger charge is -1.99. The van der Waals surface area contributed by atoms with Gasteiger partial charge in [0, 0.05) is 0 Å². The first-order valence-electron chi connectivity index (χ1n) is 2.82. The summed E-state index contributed by atoms with van der Waals surface area (Å²) >= 11 is 3.26. The number of aromatic nitrogens is 2. The van der Waals surface area contributed by atoms with E-state index in [1.807, 2.05) is 6.92 Å². The van der Waals surface area contributed by atoms with Crippen molar-refractivity contribution < 1.29 is 5.11 Å². The molecule has 0 radical (unpaired) electrons. The van der Waals surface area contributed by atoms with Gasteiger partial charge in [0.2, 0.25) is 0 Å². The van der Waals surface area contributed by atoms with Crippen molar-refractivity contribution in [2.45, 2.75) is 13.5 Å². The third-order valence-electron chi connectivity index (χ3n) is 1.19. The van der Waals surface area contributed by atoms with Crippen LogP contribution in [0.15, 0.2) is 10.8 Å². The van der Waals surface area contributed by atoms with Gasteiger partial charge in [0.25, 0.3) is 0 Å². The minimum Gasteiger partial charge on any atom is -0.390 e. The smallest absolute Gasteiger partial charge is 0.116 e. The Balaban J connectivity index is 3.14. The van der Waals surface area contributed by atoms with E-state index in [1.54, 1.807) is 0 Å². The maximum atomic E-state index is 8.72. The summed E-state index contributed by atoms with van der Waals surface area (Å²) < 4.78 is 0.789. The monoisotopic (exact) mass is 202 g/mol. The molecule has 1 aromatic heterocycles. The summed E-state index contributed by atoms with van der Waals surface area (Å²) in [5, 5.41) is 8.72. The third kappa shape index (κ3) is 1.33. The first-order valence-corrected chi connectivity index (χ1v) is 3.62. The zero-order valence-electron chi connectivity index (χ0n) is 5.50. The summed E-state index contributed by atoms with van der Waals surface area (Å²) in [5.74, 6) is 0. The van der Waals surface area contributed by atoms with Crippen molar-refractivity contribution in [3.63, 3.8) is 0 Å². The maximum Gasteiger partial charge on any atom is 0.116 e. The van der Waals surface area contributed by atoms with Crippen LogP contribution in [-0.2, 0) is 6.61 Å². The number of halogens is 1. The fraction of sp³-hybridized carbons (Fsp3) is 0.333. The number of hydrogen-bond acceptors (Lipinski definition) is 3. The van der Waals surface area contributed by atoms with E-state index in [4.69, 9.17) is 5.11 Å². The van der Waals surface area contributed by atoms with Crippen LogP contribution in [0.3, 0.4) is 0 Å². The molecule has 3 nitrogen and oxygen atoms in total. The van der Waals surface area contributed by atoms with E-state index in [2.05, 4.69) is 25.9 Å². The second-order valence-corrected chi connectivity index (χ2v) is 2.67. The summed E-state index contributed by atoms with van der Waals surface area (Å²) in [7, 11) is 0. The average Bonchev–Trinajstić information content (AvgIpc) is 1.95. The Morgan fingerprint density at radius 2 is 2.30 bits per heavy atom. The van der Waals surface area contributed by atoms with Crippen LogP contribution >= 0.6 is 15.9 Å². The van der Waals surface area contributed by atoms with Crippen molar-refractivity contribution in [1.29, 1.82) is 0 Å². The van der Waals surface area contributed by atoms with E-state index in [-0.39, 0.29) is 6.61 Å². The second kappa shape index (κ2) is 3.07. The molecule has 54 valence electrons. The van der Waals surface area contributed by atoms with Crippen LogP contribution in [0, 0.1) is 6.92 Å². The minimum absolute atomic E-state index is 0.0516. The fourth-order valence-electron chi connectivity index (χ4n) is 0.618. The Bertz CT molecular complexity index is 239. The summed E-state index contributed by atoms with van der Waals surface area (Å²) in [6.45, 7) is 1.80. The van der Waals surface area contributed by atoms with Gasteiger partial charge < -0.3 is 5.11 Å². The van der Waals surface area contributed by atoms with Gasteiger partial charge in [-0.15, -0.1) is 0 Å². The molecule has 0 atom stereocenters. The van der Waals surface area contributed by atoms with Gasteiger partial charge in [-0.1, -0.05) is 0 Å². The third-order valence-corrected chi connectivity index (χ3v) is 2.22. The molecule has 4 heteroatoms. The Morgan fingerprint density at radius 1 is 1.60 bits per heavy atom. The number of aliphatic hydroxyl groups excluding tert-OH is 1. The molecule has 10 heavy (non-hydrogen) atoms. The molecule has 0 aromatic carbocycles. The van der Waals surface area contributed by atoms with Crippen LogP contribution < -0.4 is 0 Å². The number of rotatable bonds is 1. The molecule has 0 unspecified atom stereocenters. The molecule has 1 N–H and O–H groups in total. The highest BCUT2D eigenvalue weighted by molar-refractivity contribution is 9.10. The van der Waals surface area contributed by atoms with Gasteiger partial charge in [0.1, 0.15) is 6.33 Å². The number of aliphatic hydroxyl groups is 1. The van der Waals surface area contributed by atoms with Crippen LogP contribution in [0.25, 0.3) is 0 Å². The SMILES string of the molecule is Cc1ncnc(CO)c1Br. The Labute approximate surface area is 67.3 Å². The van der Waals surface area contributed by atoms with Crippen molar-refractivity contribution in [2.75, 3.05) is 0 Å². The van der Waals surface area contributed by atoms with E-state index < -0.39 is 0 Å². The zero-order chi connectivity index (χ0) is 7.56. The van der Waals surface area contributed by atoms with Crippen LogP contribution in [0.4, 0.5) is 0 Å². The minimum atomic E-state index is -0.0516. The summed E-state index contributed by atoms with van der Waals surface area (Å²) in [6.07, 6.45) is 1.44. The Kier molecular flexibility index (Phi) is 2.34. The zero-order valence-corrected chi connectivity index (χ0v) is 7.09. The molecule has 0 saturated heterocycles. The maximum absolute atomic E-state index is 8.72. The van der Waals surface area contributed by atoms with Crippen molar-refractivity contribution in [3.8, 4) is 0 Å². The van der Waals surface area contributed by atoms with E-state index in [0.29, 0.717) is 5.69 Å². The number of aryl methyl sites for hydroxylation is 1. The lowest BCUT2D eigenvalue weighted by Crippen LogP contribution is -1.94. The van der Waals surface area contributed by atoms with Crippen molar-refractivity contribution in [1.82, 2.24) is 9.97 Å². The molecule has 0 saturated carbocycles. The quantitative estimate of drug-likeness (QED) is 0.741. The molecule has 0 aliphatic rings. The van der Waals surface area contributed by atoms with Gasteiger partial charge in [-0.05, 0) is 22.9 Å². The number of hydrogen-bond donors (Lipinski definition) is 1. The van der Waals surface area contributed by atoms with Crippen molar-refractivity contribution >= 4 is 15.9 Å². The van der Waals surface area contributed by atoms with E-state index in [1.165, 1.54) is 6.33 Å². The topological polar surface area (TPSA) is 46.0 Å². The Morgan fingerprint density at radius 3 is 2.80 bits per heavy atom. The van der Waals surface area contributed by atoms with Gasteiger partial charge in [0.05, 0.1) is 22.5 Å². The molecular weight excluding hydrogens is 196 g/mol. The highest BCUT2D eigenvalue weighted by Gasteiger charge is 2.01. The van der Waals surface area contributed by atoms with Crippen LogP contribution in [0.1, 0.15) is 11.4 Å². The molecular formula is C6H7BrN2O. The molecule has 1 rings (SSSR count). The largest absolute Gasteiger partial charge is 0.390 e. The first-order chi connectivity index (χ1) is 4.75. The van der Waals surface area contributed by atoms with E-state index >= 15 is 0 Å². The lowest BCUT2D eigenvalue weighted by molar-refractivity contribution is 0.275. The molecule has 0 aliphatic heterocycles. The molecule has 1 heterocycles. The molecule has 0 aliphatic carbocycles. The predicted octanol–water partition coefficient (Wildman–Crippen LogP) is 1.04. The Hall–Kier alpha value is -0.480. The molecule has 0 fully saturated rings. The normalized spacial score (nSPS) is 9.90. The molecule has 0 bridgehead atoms. The summed E-state index contributed by atoms with van der Waals surface area (Å²) in [5.41, 5.74) is 1.48. The highest BCUT2D eigenvalue weighted by Crippen LogP contribution is 2.16. The van der Waals surface area contributed by atoms with Gasteiger partial charge in [-0.3, -0.25) is 0 Å². The van der Waals surface area contributed by atoms with E-state index in [9.17, 15) is 0 Å². The molecule has 0 amide bonds. The summed E-state index contributed by atoms with van der Waals surface area (Å²) in [4.78, 5) is 7.77. The van der Waals surface area contributed by atoms with Crippen molar-refractivity contribution in [3.05, 3.63) is 22.2 Å². The average molecular weight is 203 g/mol. The predicted molar refractivity (Wildman–Crippen MR) is 40.4 cm³/mol. The molecule has 0 spiro atoms. The summed E-state index contributed by atoms with van der Waals surface area (Å²) in [6, 6.07) is 0. The van der Waals surface area contributed by atoms with Crippen LogP contribution in [0.5, 0.6) is 0 Å². The van der Waals surface area contributed by atoms with Gasteiger partial charge >= 0.3 is 0 Å². The van der Waals surface area contributed by atoms with Crippen LogP contribution in [0.2, 0.25) is 0 Å². The van der Waals surface area contributed by atoms with Gasteiger partial charge in [-0.2, -0.15) is 0 Å². The number of nitrogens with zero attached hydrogens (tertiary/aromatic N) is 2. The van der Waals surface area contributed by atoms with E-state index in [0.717, 1.165) is 10.2 Å². The first kappa shape index (κ1) is 7.63. The lowest BCUT2D eigenvalue weighted by atomic mass is 10.3. The van der Waals surface area contributed by atoms with Gasteiger partial charge in [-0.25, -0.2) is 9.97 Å². The van der Waals surface area contributed by atoms with Crippen molar-refractivity contribution in [2.24, 2.45) is 0 Å². The molecule has 1 aromatic rings. The second-order valence-electron chi connectivity index (χ2n) is 1.88. The highest BCUT2D eigenvalue weighted by atomic mass is 79.9.